The van der Waals surface area contributed by atoms with Crippen molar-refractivity contribution < 1.29 is 0 Å². The molecule has 8 nitrogen and oxygen atoms in total. The van der Waals surface area contributed by atoms with Crippen molar-refractivity contribution in [2.75, 3.05) is 35.9 Å². The summed E-state index contributed by atoms with van der Waals surface area (Å²) in [4.78, 5) is 16.7. The molecule has 1 aliphatic carbocycles. The molecule has 0 aliphatic heterocycles. The Morgan fingerprint density at radius 1 is 1.32 bits per heavy atom. The molecule has 1 heterocycles. The lowest BCUT2D eigenvalue weighted by molar-refractivity contribution is 0.752. The molecule has 0 spiro atoms. The molecule has 8 heteroatoms. The van der Waals surface area contributed by atoms with Crippen molar-refractivity contribution in [1.82, 2.24) is 15.0 Å². The SMILES string of the molecule is CN(C)c1nc(NN)nc(N(CCC#N)C2CC2)n1. The van der Waals surface area contributed by atoms with Crippen molar-refractivity contribution in [3.8, 4) is 6.07 Å². The van der Waals surface area contributed by atoms with Crippen LogP contribution in [-0.4, -0.2) is 41.6 Å². The van der Waals surface area contributed by atoms with Crippen molar-refractivity contribution in [2.24, 2.45) is 5.84 Å². The Morgan fingerprint density at radius 3 is 2.53 bits per heavy atom. The van der Waals surface area contributed by atoms with E-state index in [9.17, 15) is 0 Å². The molecule has 0 atom stereocenters. The molecular formula is C11H18N8. The van der Waals surface area contributed by atoms with Crippen LogP contribution in [0.5, 0.6) is 0 Å². The van der Waals surface area contributed by atoms with Crippen LogP contribution in [0.1, 0.15) is 19.3 Å². The fourth-order valence-corrected chi connectivity index (χ4v) is 1.75. The number of anilines is 3. The zero-order valence-electron chi connectivity index (χ0n) is 11.2. The third-order valence-corrected chi connectivity index (χ3v) is 2.85. The maximum Gasteiger partial charge on any atom is 0.243 e. The molecule has 0 amide bonds. The lowest BCUT2D eigenvalue weighted by atomic mass is 10.4. The quantitative estimate of drug-likeness (QED) is 0.549. The Labute approximate surface area is 112 Å². The zero-order valence-corrected chi connectivity index (χ0v) is 11.2. The minimum Gasteiger partial charge on any atom is -0.347 e. The number of nitriles is 1. The van der Waals surface area contributed by atoms with E-state index in [0.29, 0.717) is 36.9 Å². The van der Waals surface area contributed by atoms with Crippen LogP contribution in [0.25, 0.3) is 0 Å². The standard InChI is InChI=1S/C11H18N8/c1-18(2)10-14-9(17-13)15-11(16-10)19(7-3-6-12)8-4-5-8/h8H,3-5,7,13H2,1-2H3,(H,14,15,16,17). The summed E-state index contributed by atoms with van der Waals surface area (Å²) in [6, 6.07) is 2.58. The summed E-state index contributed by atoms with van der Waals surface area (Å²) in [7, 11) is 3.71. The van der Waals surface area contributed by atoms with Gasteiger partial charge in [0.2, 0.25) is 17.8 Å². The van der Waals surface area contributed by atoms with Crippen molar-refractivity contribution in [2.45, 2.75) is 25.3 Å². The largest absolute Gasteiger partial charge is 0.347 e. The second-order valence-electron chi connectivity index (χ2n) is 4.63. The zero-order chi connectivity index (χ0) is 13.8. The van der Waals surface area contributed by atoms with Gasteiger partial charge in [-0.15, -0.1) is 0 Å². The molecular weight excluding hydrogens is 244 g/mol. The second kappa shape index (κ2) is 5.67. The van der Waals surface area contributed by atoms with Crippen LogP contribution in [0.3, 0.4) is 0 Å². The van der Waals surface area contributed by atoms with Crippen molar-refractivity contribution in [3.63, 3.8) is 0 Å². The highest BCUT2D eigenvalue weighted by molar-refractivity contribution is 5.45. The van der Waals surface area contributed by atoms with Gasteiger partial charge < -0.3 is 9.80 Å². The van der Waals surface area contributed by atoms with Gasteiger partial charge in [0.1, 0.15) is 0 Å². The van der Waals surface area contributed by atoms with Crippen LogP contribution in [-0.2, 0) is 0 Å². The molecule has 0 bridgehead atoms. The summed E-state index contributed by atoms with van der Waals surface area (Å²) in [6.45, 7) is 0.627. The minimum absolute atomic E-state index is 0.330. The Balaban J connectivity index is 2.29. The van der Waals surface area contributed by atoms with Crippen molar-refractivity contribution in [1.29, 1.82) is 5.26 Å². The van der Waals surface area contributed by atoms with Gasteiger partial charge in [0.05, 0.1) is 12.5 Å². The van der Waals surface area contributed by atoms with E-state index in [1.54, 1.807) is 4.90 Å². The predicted molar refractivity (Wildman–Crippen MR) is 72.6 cm³/mol. The number of nitrogen functional groups attached to an aromatic ring is 1. The molecule has 0 unspecified atom stereocenters. The number of nitrogens with zero attached hydrogens (tertiary/aromatic N) is 6. The molecule has 0 saturated heterocycles. The molecule has 3 N–H and O–H groups in total. The number of hydrazine groups is 1. The van der Waals surface area contributed by atoms with Crippen molar-refractivity contribution in [3.05, 3.63) is 0 Å². The highest BCUT2D eigenvalue weighted by Gasteiger charge is 2.31. The van der Waals surface area contributed by atoms with E-state index in [-0.39, 0.29) is 0 Å². The fourth-order valence-electron chi connectivity index (χ4n) is 1.75. The number of nitrogens with one attached hydrogen (secondary N) is 1. The van der Waals surface area contributed by atoms with Crippen LogP contribution >= 0.6 is 0 Å². The Hall–Kier alpha value is -2.14. The number of hydrogen-bond acceptors (Lipinski definition) is 8. The first kappa shape index (κ1) is 13.3. The molecule has 0 aromatic carbocycles. The maximum atomic E-state index is 8.74. The van der Waals surface area contributed by atoms with Crippen LogP contribution < -0.4 is 21.1 Å². The smallest absolute Gasteiger partial charge is 0.243 e. The van der Waals surface area contributed by atoms with Gasteiger partial charge >= 0.3 is 0 Å². The van der Waals surface area contributed by atoms with Crippen LogP contribution in [0.15, 0.2) is 0 Å². The van der Waals surface area contributed by atoms with E-state index in [2.05, 4.69) is 31.3 Å². The summed E-state index contributed by atoms with van der Waals surface area (Å²) in [5.74, 6) is 6.83. The summed E-state index contributed by atoms with van der Waals surface area (Å²) in [6.07, 6.45) is 2.67. The average Bonchev–Trinajstić information content (AvgIpc) is 3.23. The molecule has 102 valence electrons. The van der Waals surface area contributed by atoms with Gasteiger partial charge in [-0.05, 0) is 12.8 Å². The van der Waals surface area contributed by atoms with E-state index in [1.165, 1.54) is 0 Å². The second-order valence-corrected chi connectivity index (χ2v) is 4.63. The monoisotopic (exact) mass is 262 g/mol. The number of rotatable bonds is 6. The molecule has 1 aromatic heterocycles. The van der Waals surface area contributed by atoms with E-state index in [0.717, 1.165) is 12.8 Å². The van der Waals surface area contributed by atoms with Crippen LogP contribution in [0.2, 0.25) is 0 Å². The molecule has 2 rings (SSSR count). The Kier molecular flexibility index (Phi) is 3.97. The van der Waals surface area contributed by atoms with Gasteiger partial charge in [-0.2, -0.15) is 20.2 Å². The first-order valence-electron chi connectivity index (χ1n) is 6.19. The lowest BCUT2D eigenvalue weighted by Crippen LogP contribution is -2.30. The molecule has 1 saturated carbocycles. The lowest BCUT2D eigenvalue weighted by Gasteiger charge is -2.22. The number of hydrogen-bond donors (Lipinski definition) is 2. The van der Waals surface area contributed by atoms with Gasteiger partial charge in [-0.25, -0.2) is 5.84 Å². The van der Waals surface area contributed by atoms with Gasteiger partial charge in [0, 0.05) is 26.7 Å². The summed E-state index contributed by atoms with van der Waals surface area (Å²) >= 11 is 0. The van der Waals surface area contributed by atoms with Gasteiger partial charge in [-0.3, -0.25) is 5.43 Å². The molecule has 0 radical (unpaired) electrons. The highest BCUT2D eigenvalue weighted by atomic mass is 15.4. The predicted octanol–water partition coefficient (Wildman–Crippen LogP) is 0.106. The van der Waals surface area contributed by atoms with Gasteiger partial charge in [0.15, 0.2) is 0 Å². The van der Waals surface area contributed by atoms with Crippen LogP contribution in [0, 0.1) is 11.3 Å². The third-order valence-electron chi connectivity index (χ3n) is 2.85. The van der Waals surface area contributed by atoms with Gasteiger partial charge in [0.25, 0.3) is 0 Å². The fraction of sp³-hybridized carbons (Fsp3) is 0.636. The maximum absolute atomic E-state index is 8.74. The molecule has 1 fully saturated rings. The molecule has 1 aliphatic rings. The summed E-state index contributed by atoms with van der Waals surface area (Å²) in [5.41, 5.74) is 2.45. The third kappa shape index (κ3) is 3.20. The van der Waals surface area contributed by atoms with E-state index < -0.39 is 0 Å². The Morgan fingerprint density at radius 2 is 2.00 bits per heavy atom. The van der Waals surface area contributed by atoms with E-state index in [1.807, 2.05) is 14.1 Å². The first-order valence-corrected chi connectivity index (χ1v) is 6.19. The molecule has 1 aromatic rings. The summed E-state index contributed by atoms with van der Waals surface area (Å²) < 4.78 is 0. The average molecular weight is 262 g/mol. The number of nitrogens with two attached hydrogens (primary N) is 1. The minimum atomic E-state index is 0.330. The Bertz CT molecular complexity index is 476. The van der Waals surface area contributed by atoms with E-state index >= 15 is 0 Å². The normalized spacial score (nSPS) is 13.8. The molecule has 19 heavy (non-hydrogen) atoms. The first-order chi connectivity index (χ1) is 9.15. The highest BCUT2D eigenvalue weighted by Crippen LogP contribution is 2.30. The van der Waals surface area contributed by atoms with Crippen LogP contribution in [0.4, 0.5) is 17.8 Å². The van der Waals surface area contributed by atoms with Crippen molar-refractivity contribution >= 4 is 17.8 Å². The van der Waals surface area contributed by atoms with Gasteiger partial charge in [-0.1, -0.05) is 0 Å². The van der Waals surface area contributed by atoms with E-state index in [4.69, 9.17) is 11.1 Å². The summed E-state index contributed by atoms with van der Waals surface area (Å²) in [5, 5.41) is 8.74. The topological polar surface area (TPSA) is 107 Å². The number of aromatic nitrogens is 3.